The number of hydrogen-bond acceptors (Lipinski definition) is 4. The first-order valence-corrected chi connectivity index (χ1v) is 11.4. The molecule has 0 bridgehead atoms. The number of aliphatic imine (C=N–C) groups is 1. The zero-order valence-corrected chi connectivity index (χ0v) is 18.5. The molecule has 0 saturated carbocycles. The van der Waals surface area contributed by atoms with Crippen LogP contribution in [0.25, 0.3) is 10.8 Å². The minimum absolute atomic E-state index is 0.236. The van der Waals surface area contributed by atoms with E-state index < -0.39 is 5.72 Å². The van der Waals surface area contributed by atoms with Gasteiger partial charge >= 0.3 is 0 Å². The highest BCUT2D eigenvalue weighted by atomic mass is 16.5. The zero-order valence-electron chi connectivity index (χ0n) is 18.5. The fourth-order valence-electron chi connectivity index (χ4n) is 5.92. The van der Waals surface area contributed by atoms with Gasteiger partial charge in [-0.25, -0.2) is 0 Å². The number of hydrogen-bond donors (Lipinski definition) is 1. The highest BCUT2D eigenvalue weighted by molar-refractivity contribution is 6.01. The molecule has 31 heavy (non-hydrogen) atoms. The molecule has 3 heterocycles. The first-order chi connectivity index (χ1) is 15.0. The van der Waals surface area contributed by atoms with Crippen molar-refractivity contribution in [1.29, 1.82) is 0 Å². The van der Waals surface area contributed by atoms with Gasteiger partial charge < -0.3 is 15.0 Å². The van der Waals surface area contributed by atoms with Crippen molar-refractivity contribution in [3.05, 3.63) is 65.7 Å². The van der Waals surface area contributed by atoms with Gasteiger partial charge in [0.05, 0.1) is 11.6 Å². The maximum Gasteiger partial charge on any atom is 0.228 e. The van der Waals surface area contributed by atoms with Crippen molar-refractivity contribution >= 4 is 28.4 Å². The molecular weight excluding hydrogens is 382 g/mol. The van der Waals surface area contributed by atoms with Crippen molar-refractivity contribution < 1.29 is 4.74 Å². The van der Waals surface area contributed by atoms with Crippen LogP contribution in [0.5, 0.6) is 5.75 Å². The van der Waals surface area contributed by atoms with E-state index in [1.54, 1.807) is 0 Å². The van der Waals surface area contributed by atoms with Gasteiger partial charge in [0.2, 0.25) is 5.72 Å². The Morgan fingerprint density at radius 2 is 1.71 bits per heavy atom. The van der Waals surface area contributed by atoms with E-state index in [4.69, 9.17) is 9.73 Å². The summed E-state index contributed by atoms with van der Waals surface area (Å²) >= 11 is 0. The summed E-state index contributed by atoms with van der Waals surface area (Å²) in [5, 5.41) is 6.00. The van der Waals surface area contributed by atoms with E-state index >= 15 is 0 Å². The number of likely N-dealkylation sites (N-methyl/N-ethyl adjacent to an activating group) is 1. The van der Waals surface area contributed by atoms with Gasteiger partial charge in [0.25, 0.3) is 0 Å². The summed E-state index contributed by atoms with van der Waals surface area (Å²) in [4.78, 5) is 7.33. The maximum atomic E-state index is 6.99. The fraction of sp³-hybridized carbons (Fsp3) is 0.370. The average Bonchev–Trinajstić information content (AvgIpc) is 2.97. The smallest absolute Gasteiger partial charge is 0.228 e. The first-order valence-electron chi connectivity index (χ1n) is 11.4. The number of nitrogens with one attached hydrogen (secondary N) is 1. The summed E-state index contributed by atoms with van der Waals surface area (Å²) in [6.07, 6.45) is 4.36. The number of nitrogens with zero attached hydrogens (tertiary/aromatic N) is 2. The third-order valence-electron chi connectivity index (χ3n) is 7.76. The Morgan fingerprint density at radius 1 is 1.00 bits per heavy atom. The third kappa shape index (κ3) is 2.48. The van der Waals surface area contributed by atoms with Crippen LogP contribution in [0.2, 0.25) is 0 Å². The minimum Gasteiger partial charge on any atom is -0.459 e. The lowest BCUT2D eigenvalue weighted by Crippen LogP contribution is -2.61. The van der Waals surface area contributed by atoms with Crippen LogP contribution in [-0.4, -0.2) is 32.1 Å². The standard InChI is InChI=1S/C27H29N3O/c1-26(2)22-10-6-7-11-23(22)30(3)27(26)17-29-25-20-9-5-4-8-19(20)21(16-24(25)31-27)18-12-14-28-15-13-18/h4-11,16-18,28H,12-15H2,1-3H3. The molecule has 0 radical (unpaired) electrons. The van der Waals surface area contributed by atoms with E-state index in [0.29, 0.717) is 5.92 Å². The lowest BCUT2D eigenvalue weighted by Gasteiger charge is -2.45. The molecule has 1 fully saturated rings. The van der Waals surface area contributed by atoms with Gasteiger partial charge in [-0.15, -0.1) is 0 Å². The molecule has 0 aliphatic carbocycles. The summed E-state index contributed by atoms with van der Waals surface area (Å²) in [5.74, 6) is 1.45. The maximum absolute atomic E-state index is 6.99. The molecule has 1 N–H and O–H groups in total. The molecule has 1 atom stereocenters. The van der Waals surface area contributed by atoms with Gasteiger partial charge in [-0.05, 0) is 74.3 Å². The number of para-hydroxylation sites is 1. The van der Waals surface area contributed by atoms with Crippen LogP contribution in [0.15, 0.2) is 59.6 Å². The molecule has 6 rings (SSSR count). The van der Waals surface area contributed by atoms with E-state index in [-0.39, 0.29) is 5.41 Å². The highest BCUT2D eigenvalue weighted by Crippen LogP contribution is 2.54. The van der Waals surface area contributed by atoms with Gasteiger partial charge in [0.1, 0.15) is 11.4 Å². The topological polar surface area (TPSA) is 36.9 Å². The second kappa shape index (κ2) is 6.57. The summed E-state index contributed by atoms with van der Waals surface area (Å²) < 4.78 is 6.99. The predicted octanol–water partition coefficient (Wildman–Crippen LogP) is 5.53. The Balaban J connectivity index is 1.53. The van der Waals surface area contributed by atoms with Crippen LogP contribution in [0.1, 0.15) is 43.7 Å². The fourth-order valence-corrected chi connectivity index (χ4v) is 5.92. The summed E-state index contributed by atoms with van der Waals surface area (Å²) in [6, 6.07) is 19.6. The van der Waals surface area contributed by atoms with Crippen molar-refractivity contribution in [2.24, 2.45) is 4.99 Å². The van der Waals surface area contributed by atoms with Gasteiger partial charge in [-0.2, -0.15) is 0 Å². The Labute approximate surface area is 183 Å². The lowest BCUT2D eigenvalue weighted by molar-refractivity contribution is 0.0825. The molecule has 3 aliphatic rings. The van der Waals surface area contributed by atoms with Crippen molar-refractivity contribution in [3.8, 4) is 5.75 Å². The second-order valence-electron chi connectivity index (χ2n) is 9.64. The molecule has 1 spiro atoms. The van der Waals surface area contributed by atoms with E-state index in [9.17, 15) is 0 Å². The first kappa shape index (κ1) is 18.9. The van der Waals surface area contributed by atoms with E-state index in [0.717, 1.165) is 37.4 Å². The zero-order chi connectivity index (χ0) is 21.2. The van der Waals surface area contributed by atoms with Crippen LogP contribution in [0.3, 0.4) is 0 Å². The Morgan fingerprint density at radius 3 is 2.48 bits per heavy atom. The summed E-state index contributed by atoms with van der Waals surface area (Å²) in [7, 11) is 2.12. The number of benzene rings is 3. The van der Waals surface area contributed by atoms with E-state index in [1.165, 1.54) is 27.6 Å². The van der Waals surface area contributed by atoms with Gasteiger partial charge in [-0.1, -0.05) is 42.5 Å². The molecule has 1 saturated heterocycles. The van der Waals surface area contributed by atoms with Gasteiger partial charge in [-0.3, -0.25) is 4.99 Å². The molecule has 4 nitrogen and oxygen atoms in total. The lowest BCUT2D eigenvalue weighted by atomic mass is 9.77. The molecule has 158 valence electrons. The van der Waals surface area contributed by atoms with Gasteiger partial charge in [0, 0.05) is 18.1 Å². The van der Waals surface area contributed by atoms with Crippen LogP contribution in [0, 0.1) is 0 Å². The molecule has 0 aromatic heterocycles. The van der Waals surface area contributed by atoms with Crippen molar-refractivity contribution in [2.75, 3.05) is 25.0 Å². The quantitative estimate of drug-likeness (QED) is 0.572. The van der Waals surface area contributed by atoms with E-state index in [2.05, 4.69) is 85.7 Å². The van der Waals surface area contributed by atoms with Crippen LogP contribution >= 0.6 is 0 Å². The monoisotopic (exact) mass is 411 g/mol. The largest absolute Gasteiger partial charge is 0.459 e. The molecule has 4 heteroatoms. The number of ether oxygens (including phenoxy) is 1. The SMILES string of the molecule is CN1c2ccccc2C(C)(C)C12C=Nc1c(cc(C3CCNCC3)c3ccccc13)O2. The highest BCUT2D eigenvalue weighted by Gasteiger charge is 2.58. The van der Waals surface area contributed by atoms with Crippen LogP contribution in [0.4, 0.5) is 11.4 Å². The molecule has 3 aromatic rings. The Hall–Kier alpha value is -2.85. The second-order valence-corrected chi connectivity index (χ2v) is 9.64. The molecule has 3 aromatic carbocycles. The van der Waals surface area contributed by atoms with E-state index in [1.807, 2.05) is 6.21 Å². The number of rotatable bonds is 1. The Bertz CT molecular complexity index is 1210. The molecule has 3 aliphatic heterocycles. The van der Waals surface area contributed by atoms with Crippen molar-refractivity contribution in [1.82, 2.24) is 5.32 Å². The van der Waals surface area contributed by atoms with Gasteiger partial charge in [0.15, 0.2) is 0 Å². The number of anilines is 1. The molecule has 0 amide bonds. The summed E-state index contributed by atoms with van der Waals surface area (Å²) in [5.41, 5.74) is 3.99. The number of fused-ring (bicyclic) bond motifs is 4. The Kier molecular flexibility index (Phi) is 4.00. The molecule has 1 unspecified atom stereocenters. The number of piperidine rings is 1. The molecular formula is C27H29N3O. The van der Waals surface area contributed by atoms with Crippen LogP contribution in [-0.2, 0) is 5.41 Å². The van der Waals surface area contributed by atoms with Crippen molar-refractivity contribution in [3.63, 3.8) is 0 Å². The third-order valence-corrected chi connectivity index (χ3v) is 7.76. The van der Waals surface area contributed by atoms with Crippen molar-refractivity contribution in [2.45, 2.75) is 43.7 Å². The summed E-state index contributed by atoms with van der Waals surface area (Å²) in [6.45, 7) is 6.68. The normalized spacial score (nSPS) is 24.3. The minimum atomic E-state index is -0.641. The average molecular weight is 412 g/mol. The predicted molar refractivity (Wildman–Crippen MR) is 128 cm³/mol. The van der Waals surface area contributed by atoms with Crippen LogP contribution < -0.4 is 15.0 Å².